The lowest BCUT2D eigenvalue weighted by molar-refractivity contribution is -0.117. The highest BCUT2D eigenvalue weighted by Crippen LogP contribution is 2.49. The number of carbonyl (C=O) groups is 2. The van der Waals surface area contributed by atoms with Crippen molar-refractivity contribution in [2.24, 2.45) is 17.8 Å². The Morgan fingerprint density at radius 3 is 2.22 bits per heavy atom. The number of carbonyl (C=O) groups excluding carboxylic acids is 2. The predicted octanol–water partition coefficient (Wildman–Crippen LogP) is 5.10. The van der Waals surface area contributed by atoms with Crippen molar-refractivity contribution < 1.29 is 9.59 Å². The molecule has 0 unspecified atom stereocenters. The molecule has 2 aliphatic carbocycles. The third kappa shape index (κ3) is 4.48. The van der Waals surface area contributed by atoms with Crippen LogP contribution in [0.3, 0.4) is 0 Å². The van der Waals surface area contributed by atoms with Crippen LogP contribution in [0.5, 0.6) is 0 Å². The maximum Gasteiger partial charge on any atom is 0.323 e. The first-order valence-electron chi connectivity index (χ1n) is 9.68. The Balaban J connectivity index is 1.30. The quantitative estimate of drug-likeness (QED) is 0.692. The van der Waals surface area contributed by atoms with Crippen molar-refractivity contribution in [2.75, 3.05) is 16.0 Å². The fourth-order valence-corrected chi connectivity index (χ4v) is 4.57. The topological polar surface area (TPSA) is 70.2 Å². The Bertz CT molecular complexity index is 821. The van der Waals surface area contributed by atoms with Gasteiger partial charge in [0.1, 0.15) is 0 Å². The number of anilines is 3. The lowest BCUT2D eigenvalue weighted by Crippen LogP contribution is -2.21. The van der Waals surface area contributed by atoms with Gasteiger partial charge in [0.2, 0.25) is 5.91 Å². The van der Waals surface area contributed by atoms with E-state index in [4.69, 9.17) is 0 Å². The maximum atomic E-state index is 12.4. The van der Waals surface area contributed by atoms with Crippen LogP contribution in [0.25, 0.3) is 0 Å². The smallest absolute Gasteiger partial charge is 0.323 e. The summed E-state index contributed by atoms with van der Waals surface area (Å²) in [4.78, 5) is 24.5. The molecule has 0 aromatic heterocycles. The van der Waals surface area contributed by atoms with Crippen LogP contribution in [0.2, 0.25) is 0 Å². The van der Waals surface area contributed by atoms with Crippen molar-refractivity contribution in [2.45, 2.75) is 32.1 Å². The van der Waals surface area contributed by atoms with Gasteiger partial charge in [-0.1, -0.05) is 30.7 Å². The van der Waals surface area contributed by atoms with E-state index in [0.717, 1.165) is 17.5 Å². The number of benzene rings is 2. The lowest BCUT2D eigenvalue weighted by atomic mass is 9.86. The van der Waals surface area contributed by atoms with Gasteiger partial charge in [0.15, 0.2) is 0 Å². The molecule has 3 atom stereocenters. The van der Waals surface area contributed by atoms with Crippen molar-refractivity contribution in [1.29, 1.82) is 0 Å². The summed E-state index contributed by atoms with van der Waals surface area (Å²) < 4.78 is 0. The SMILES string of the molecule is O=C(C[C@H]1C[C@H]2CC[C@H]1C2)Nc1cccc(NC(=O)Nc2ccccc2)c1. The third-order valence-electron chi connectivity index (χ3n) is 5.77. The van der Waals surface area contributed by atoms with E-state index in [9.17, 15) is 9.59 Å². The Morgan fingerprint density at radius 2 is 1.52 bits per heavy atom. The van der Waals surface area contributed by atoms with Crippen LogP contribution in [0.1, 0.15) is 32.1 Å². The molecule has 0 spiro atoms. The molecule has 2 aromatic rings. The van der Waals surface area contributed by atoms with Crippen LogP contribution in [0.4, 0.5) is 21.9 Å². The normalized spacial score (nSPS) is 23.0. The Labute approximate surface area is 159 Å². The van der Waals surface area contributed by atoms with Crippen LogP contribution in [-0.2, 0) is 4.79 Å². The Morgan fingerprint density at radius 1 is 0.815 bits per heavy atom. The van der Waals surface area contributed by atoms with Crippen molar-refractivity contribution in [3.05, 3.63) is 54.6 Å². The van der Waals surface area contributed by atoms with E-state index in [2.05, 4.69) is 16.0 Å². The lowest BCUT2D eigenvalue weighted by Gasteiger charge is -2.21. The number of urea groups is 1. The van der Waals surface area contributed by atoms with Gasteiger partial charge < -0.3 is 16.0 Å². The molecular formula is C22H25N3O2. The second-order valence-electron chi connectivity index (χ2n) is 7.71. The van der Waals surface area contributed by atoms with Gasteiger partial charge in [-0.05, 0) is 67.3 Å². The summed E-state index contributed by atoms with van der Waals surface area (Å²) in [6, 6.07) is 16.2. The molecule has 2 aromatic carbocycles. The van der Waals surface area contributed by atoms with E-state index < -0.39 is 0 Å². The van der Waals surface area contributed by atoms with E-state index in [0.29, 0.717) is 23.7 Å². The molecule has 27 heavy (non-hydrogen) atoms. The molecule has 2 saturated carbocycles. The summed E-state index contributed by atoms with van der Waals surface area (Å²) in [6.07, 6.45) is 5.76. The highest BCUT2D eigenvalue weighted by atomic mass is 16.2. The first-order chi connectivity index (χ1) is 13.2. The molecule has 2 aliphatic rings. The zero-order valence-electron chi connectivity index (χ0n) is 15.3. The summed E-state index contributed by atoms with van der Waals surface area (Å²) in [5.41, 5.74) is 2.08. The fraction of sp³-hybridized carbons (Fsp3) is 0.364. The molecule has 0 aliphatic heterocycles. The van der Waals surface area contributed by atoms with E-state index >= 15 is 0 Å². The van der Waals surface area contributed by atoms with Gasteiger partial charge >= 0.3 is 6.03 Å². The average Bonchev–Trinajstić information content (AvgIpc) is 3.25. The molecule has 5 nitrogen and oxygen atoms in total. The van der Waals surface area contributed by atoms with Gasteiger partial charge in [-0.25, -0.2) is 4.79 Å². The van der Waals surface area contributed by atoms with E-state index in [1.165, 1.54) is 25.7 Å². The zero-order valence-corrected chi connectivity index (χ0v) is 15.3. The number of para-hydroxylation sites is 1. The van der Waals surface area contributed by atoms with Crippen LogP contribution in [0.15, 0.2) is 54.6 Å². The summed E-state index contributed by atoms with van der Waals surface area (Å²) >= 11 is 0. The first-order valence-corrected chi connectivity index (χ1v) is 9.68. The van der Waals surface area contributed by atoms with Crippen molar-refractivity contribution in [3.63, 3.8) is 0 Å². The van der Waals surface area contributed by atoms with Crippen molar-refractivity contribution >= 4 is 29.0 Å². The number of hydrogen-bond acceptors (Lipinski definition) is 2. The molecule has 0 radical (unpaired) electrons. The van der Waals surface area contributed by atoms with Gasteiger partial charge in [0.25, 0.3) is 0 Å². The number of rotatable bonds is 5. The van der Waals surface area contributed by atoms with Gasteiger partial charge in [0.05, 0.1) is 0 Å². The minimum absolute atomic E-state index is 0.0680. The molecule has 5 heteroatoms. The molecule has 3 N–H and O–H groups in total. The van der Waals surface area contributed by atoms with E-state index in [1.54, 1.807) is 12.1 Å². The van der Waals surface area contributed by atoms with Crippen LogP contribution in [0, 0.1) is 17.8 Å². The minimum Gasteiger partial charge on any atom is -0.326 e. The number of fused-ring (bicyclic) bond motifs is 2. The number of amides is 3. The average molecular weight is 363 g/mol. The van der Waals surface area contributed by atoms with Crippen LogP contribution >= 0.6 is 0 Å². The number of nitrogens with one attached hydrogen (secondary N) is 3. The Kier molecular flexibility index (Phi) is 5.10. The van der Waals surface area contributed by atoms with Gasteiger partial charge in [-0.2, -0.15) is 0 Å². The summed E-state index contributed by atoms with van der Waals surface area (Å²) in [6.45, 7) is 0. The first kappa shape index (κ1) is 17.6. The monoisotopic (exact) mass is 363 g/mol. The second-order valence-corrected chi connectivity index (χ2v) is 7.71. The minimum atomic E-state index is -0.313. The largest absolute Gasteiger partial charge is 0.326 e. The highest BCUT2D eigenvalue weighted by molar-refractivity contribution is 6.00. The maximum absolute atomic E-state index is 12.4. The fourth-order valence-electron chi connectivity index (χ4n) is 4.57. The molecule has 140 valence electrons. The summed E-state index contributed by atoms with van der Waals surface area (Å²) in [5.74, 6) is 2.21. The van der Waals surface area contributed by atoms with Crippen molar-refractivity contribution in [1.82, 2.24) is 0 Å². The summed E-state index contributed by atoms with van der Waals surface area (Å²) in [7, 11) is 0. The zero-order chi connectivity index (χ0) is 18.6. The summed E-state index contributed by atoms with van der Waals surface area (Å²) in [5, 5.41) is 8.56. The van der Waals surface area contributed by atoms with Crippen LogP contribution in [-0.4, -0.2) is 11.9 Å². The predicted molar refractivity (Wildman–Crippen MR) is 108 cm³/mol. The molecule has 4 rings (SSSR count). The molecule has 0 saturated heterocycles. The van der Waals surface area contributed by atoms with Gasteiger partial charge in [0, 0.05) is 23.5 Å². The molecule has 2 bridgehead atoms. The highest BCUT2D eigenvalue weighted by Gasteiger charge is 2.40. The third-order valence-corrected chi connectivity index (χ3v) is 5.77. The molecule has 3 amide bonds. The van der Waals surface area contributed by atoms with Crippen LogP contribution < -0.4 is 16.0 Å². The standard InChI is InChI=1S/C22H25N3O2/c26-21(13-17-12-15-9-10-16(17)11-15)23-19-7-4-8-20(14-19)25-22(27)24-18-5-2-1-3-6-18/h1-8,14-17H,9-13H2,(H,23,26)(H2,24,25,27)/t15-,16-,17+/m0/s1. The van der Waals surface area contributed by atoms with Gasteiger partial charge in [-0.3, -0.25) is 4.79 Å². The number of hydrogen-bond donors (Lipinski definition) is 3. The Hall–Kier alpha value is -2.82. The van der Waals surface area contributed by atoms with E-state index in [-0.39, 0.29) is 11.9 Å². The molecular weight excluding hydrogens is 338 g/mol. The second kappa shape index (κ2) is 7.82. The van der Waals surface area contributed by atoms with E-state index in [1.807, 2.05) is 42.5 Å². The molecule has 0 heterocycles. The molecule has 2 fully saturated rings. The van der Waals surface area contributed by atoms with Gasteiger partial charge in [-0.15, -0.1) is 0 Å². The van der Waals surface area contributed by atoms with Crippen molar-refractivity contribution in [3.8, 4) is 0 Å².